The van der Waals surface area contributed by atoms with Crippen LogP contribution >= 0.6 is 11.8 Å². The van der Waals surface area contributed by atoms with Gasteiger partial charge in [0.15, 0.2) is 0 Å². The largest absolute Gasteiger partial charge is 0.481 e. The highest BCUT2D eigenvalue weighted by atomic mass is 32.2. The summed E-state index contributed by atoms with van der Waals surface area (Å²) >= 11 is 1.30. The summed E-state index contributed by atoms with van der Waals surface area (Å²) < 4.78 is 0. The maximum Gasteiger partial charge on any atom is 0.335 e. The quantitative estimate of drug-likeness (QED) is 0.461. The van der Waals surface area contributed by atoms with Crippen LogP contribution in [0.1, 0.15) is 30.1 Å². The van der Waals surface area contributed by atoms with E-state index >= 15 is 0 Å². The zero-order chi connectivity index (χ0) is 21.4. The first-order valence-corrected chi connectivity index (χ1v) is 9.55. The van der Waals surface area contributed by atoms with Gasteiger partial charge in [-0.05, 0) is 49.4 Å². The zero-order valence-electron chi connectivity index (χ0n) is 15.5. The Labute approximate surface area is 171 Å². The normalized spacial score (nSPS) is 11.3. The molecule has 0 aliphatic rings. The number of hydrogen-bond acceptors (Lipinski definition) is 5. The van der Waals surface area contributed by atoms with E-state index in [1.54, 1.807) is 43.3 Å². The van der Waals surface area contributed by atoms with Gasteiger partial charge in [0.1, 0.15) is 0 Å². The number of carboxylic acid groups (broad SMARTS) is 2. The second-order valence-corrected chi connectivity index (χ2v) is 7.52. The molecule has 29 heavy (non-hydrogen) atoms. The number of thioether (sulfide) groups is 1. The van der Waals surface area contributed by atoms with Gasteiger partial charge in [-0.15, -0.1) is 11.8 Å². The third-order valence-corrected chi connectivity index (χ3v) is 4.88. The lowest BCUT2D eigenvalue weighted by Crippen LogP contribution is -2.22. The molecule has 0 bridgehead atoms. The third kappa shape index (κ3) is 7.30. The van der Waals surface area contributed by atoms with E-state index in [1.165, 1.54) is 23.9 Å². The van der Waals surface area contributed by atoms with Crippen molar-refractivity contribution in [2.24, 2.45) is 0 Å². The van der Waals surface area contributed by atoms with Crippen LogP contribution in [-0.4, -0.2) is 39.2 Å². The molecule has 152 valence electrons. The summed E-state index contributed by atoms with van der Waals surface area (Å²) in [6.45, 7) is 1.72. The van der Waals surface area contributed by atoms with Gasteiger partial charge in [0.25, 0.3) is 0 Å². The maximum atomic E-state index is 12.4. The number of aliphatic carboxylic acids is 1. The number of carboxylic acids is 2. The molecule has 9 heteroatoms. The molecule has 4 N–H and O–H groups in total. The second-order valence-electron chi connectivity index (χ2n) is 6.10. The standard InChI is InChI=1S/C20H20N2O6S/c1-12(19(26)22-15-4-2-3-13(11-15)20(27)28)29-16-7-5-14(6-8-16)21-17(23)9-10-18(24)25/h2-8,11-12H,9-10H2,1H3,(H,21,23)(H,22,26)(H,24,25)(H,27,28). The lowest BCUT2D eigenvalue weighted by Gasteiger charge is -2.13. The molecule has 0 fully saturated rings. The first-order valence-electron chi connectivity index (χ1n) is 8.67. The van der Waals surface area contributed by atoms with Crippen molar-refractivity contribution in [2.45, 2.75) is 29.9 Å². The molecule has 0 heterocycles. The Morgan fingerprint density at radius 1 is 0.931 bits per heavy atom. The number of benzene rings is 2. The van der Waals surface area contributed by atoms with Gasteiger partial charge in [0.05, 0.1) is 17.2 Å². The monoisotopic (exact) mass is 416 g/mol. The third-order valence-electron chi connectivity index (χ3n) is 3.76. The van der Waals surface area contributed by atoms with E-state index in [4.69, 9.17) is 10.2 Å². The molecule has 0 saturated carbocycles. The van der Waals surface area contributed by atoms with Crippen molar-refractivity contribution < 1.29 is 29.4 Å². The van der Waals surface area contributed by atoms with Gasteiger partial charge >= 0.3 is 11.9 Å². The van der Waals surface area contributed by atoms with Crippen LogP contribution in [0.4, 0.5) is 11.4 Å². The van der Waals surface area contributed by atoms with Gasteiger partial charge in [0, 0.05) is 22.7 Å². The van der Waals surface area contributed by atoms with Crippen LogP contribution < -0.4 is 10.6 Å². The van der Waals surface area contributed by atoms with Gasteiger partial charge in [-0.2, -0.15) is 0 Å². The minimum atomic E-state index is -1.07. The van der Waals surface area contributed by atoms with E-state index in [0.29, 0.717) is 11.4 Å². The highest BCUT2D eigenvalue weighted by Crippen LogP contribution is 2.26. The fraction of sp³-hybridized carbons (Fsp3) is 0.200. The molecule has 2 aromatic rings. The summed E-state index contributed by atoms with van der Waals surface area (Å²) in [5.74, 6) is -2.76. The predicted molar refractivity (Wildman–Crippen MR) is 109 cm³/mol. The minimum Gasteiger partial charge on any atom is -0.481 e. The summed E-state index contributed by atoms with van der Waals surface area (Å²) in [7, 11) is 0. The minimum absolute atomic E-state index is 0.0871. The van der Waals surface area contributed by atoms with Crippen molar-refractivity contribution in [1.29, 1.82) is 0 Å². The van der Waals surface area contributed by atoms with E-state index in [0.717, 1.165) is 4.90 Å². The van der Waals surface area contributed by atoms with Crippen molar-refractivity contribution >= 4 is 46.9 Å². The number of carbonyl (C=O) groups excluding carboxylic acids is 2. The number of nitrogens with one attached hydrogen (secondary N) is 2. The summed E-state index contributed by atoms with van der Waals surface area (Å²) in [6, 6.07) is 12.8. The Bertz CT molecular complexity index is 913. The summed E-state index contributed by atoms with van der Waals surface area (Å²) in [5, 5.41) is 22.4. The van der Waals surface area contributed by atoms with Crippen LogP contribution in [0.5, 0.6) is 0 Å². The second kappa shape index (κ2) is 10.3. The van der Waals surface area contributed by atoms with E-state index in [-0.39, 0.29) is 30.2 Å². The Balaban J connectivity index is 1.89. The van der Waals surface area contributed by atoms with E-state index in [1.807, 2.05) is 0 Å². The fourth-order valence-electron chi connectivity index (χ4n) is 2.29. The van der Waals surface area contributed by atoms with Gasteiger partial charge in [-0.3, -0.25) is 14.4 Å². The highest BCUT2D eigenvalue weighted by Gasteiger charge is 2.15. The van der Waals surface area contributed by atoms with Crippen LogP contribution in [0.2, 0.25) is 0 Å². The average Bonchev–Trinajstić information content (AvgIpc) is 2.68. The SMILES string of the molecule is CC(Sc1ccc(NC(=O)CCC(=O)O)cc1)C(=O)Nc1cccc(C(=O)O)c1. The number of anilines is 2. The molecular formula is C20H20N2O6S. The fourth-order valence-corrected chi connectivity index (χ4v) is 3.16. The molecule has 2 amide bonds. The van der Waals surface area contributed by atoms with Crippen LogP contribution in [0, 0.1) is 0 Å². The molecule has 8 nitrogen and oxygen atoms in total. The summed E-state index contributed by atoms with van der Waals surface area (Å²) in [6.07, 6.45) is -0.339. The molecule has 0 aromatic heterocycles. The van der Waals surface area contributed by atoms with Crippen LogP contribution in [0.3, 0.4) is 0 Å². The number of hydrogen-bond donors (Lipinski definition) is 4. The van der Waals surface area contributed by atoms with E-state index in [9.17, 15) is 19.2 Å². The average molecular weight is 416 g/mol. The summed E-state index contributed by atoms with van der Waals surface area (Å²) in [4.78, 5) is 46.3. The molecule has 0 aliphatic heterocycles. The number of aromatic carboxylic acids is 1. The van der Waals surface area contributed by atoms with Crippen molar-refractivity contribution in [3.8, 4) is 0 Å². The van der Waals surface area contributed by atoms with Gasteiger partial charge < -0.3 is 20.8 Å². The highest BCUT2D eigenvalue weighted by molar-refractivity contribution is 8.00. The first kappa shape index (κ1) is 22.0. The number of rotatable bonds is 9. The van der Waals surface area contributed by atoms with Crippen LogP contribution in [-0.2, 0) is 14.4 Å². The maximum absolute atomic E-state index is 12.4. The van der Waals surface area contributed by atoms with Gasteiger partial charge in [-0.25, -0.2) is 4.79 Å². The smallest absolute Gasteiger partial charge is 0.335 e. The first-order chi connectivity index (χ1) is 13.7. The van der Waals surface area contributed by atoms with Crippen LogP contribution in [0.25, 0.3) is 0 Å². The molecule has 0 radical (unpaired) electrons. The molecule has 0 saturated heterocycles. The number of amides is 2. The van der Waals surface area contributed by atoms with Gasteiger partial charge in [0.2, 0.25) is 11.8 Å². The molecule has 0 spiro atoms. The lowest BCUT2D eigenvalue weighted by atomic mass is 10.2. The van der Waals surface area contributed by atoms with Crippen LogP contribution in [0.15, 0.2) is 53.4 Å². The van der Waals surface area contributed by atoms with Crippen molar-refractivity contribution in [1.82, 2.24) is 0 Å². The van der Waals surface area contributed by atoms with E-state index < -0.39 is 17.2 Å². The Morgan fingerprint density at radius 2 is 1.62 bits per heavy atom. The predicted octanol–water partition coefficient (Wildman–Crippen LogP) is 3.31. The van der Waals surface area contributed by atoms with Crippen molar-refractivity contribution in [3.63, 3.8) is 0 Å². The summed E-state index contributed by atoms with van der Waals surface area (Å²) in [5.41, 5.74) is 1.03. The number of carbonyl (C=O) groups is 4. The molecular weight excluding hydrogens is 396 g/mol. The lowest BCUT2D eigenvalue weighted by molar-refractivity contribution is -0.138. The molecule has 2 rings (SSSR count). The van der Waals surface area contributed by atoms with E-state index in [2.05, 4.69) is 10.6 Å². The Hall–Kier alpha value is -3.33. The molecule has 0 aliphatic carbocycles. The Kier molecular flexibility index (Phi) is 7.79. The molecule has 1 atom stereocenters. The van der Waals surface area contributed by atoms with Crippen molar-refractivity contribution in [2.75, 3.05) is 10.6 Å². The molecule has 1 unspecified atom stereocenters. The molecule has 2 aromatic carbocycles. The Morgan fingerprint density at radius 3 is 2.24 bits per heavy atom. The topological polar surface area (TPSA) is 133 Å². The zero-order valence-corrected chi connectivity index (χ0v) is 16.4. The van der Waals surface area contributed by atoms with Crippen molar-refractivity contribution in [3.05, 3.63) is 54.1 Å². The van der Waals surface area contributed by atoms with Gasteiger partial charge in [-0.1, -0.05) is 6.07 Å².